The van der Waals surface area contributed by atoms with Crippen LogP contribution in [0.5, 0.6) is 11.6 Å². The fraction of sp³-hybridized carbons (Fsp3) is 0.375. The van der Waals surface area contributed by atoms with Crippen molar-refractivity contribution in [2.45, 2.75) is 40.3 Å². The number of aryl methyl sites for hydroxylation is 2. The van der Waals surface area contributed by atoms with E-state index in [1.165, 1.54) is 5.56 Å². The zero-order valence-electron chi connectivity index (χ0n) is 12.5. The predicted octanol–water partition coefficient (Wildman–Crippen LogP) is 3.38. The molecule has 0 amide bonds. The van der Waals surface area contributed by atoms with Crippen molar-refractivity contribution in [3.8, 4) is 11.6 Å². The summed E-state index contributed by atoms with van der Waals surface area (Å²) in [7, 11) is 0. The maximum Gasteiger partial charge on any atom is 0.238 e. The van der Waals surface area contributed by atoms with Gasteiger partial charge in [0, 0.05) is 18.7 Å². The van der Waals surface area contributed by atoms with Gasteiger partial charge in [0.15, 0.2) is 0 Å². The van der Waals surface area contributed by atoms with E-state index >= 15 is 0 Å². The summed E-state index contributed by atoms with van der Waals surface area (Å²) in [6.07, 6.45) is 0. The summed E-state index contributed by atoms with van der Waals surface area (Å²) in [5.74, 6) is 1.34. The molecule has 1 heterocycles. The van der Waals surface area contributed by atoms with E-state index < -0.39 is 0 Å². The Morgan fingerprint density at radius 1 is 1.10 bits per heavy atom. The zero-order valence-corrected chi connectivity index (χ0v) is 12.5. The number of hydrogen-bond donors (Lipinski definition) is 1. The molecule has 1 aromatic heterocycles. The Bertz CT molecular complexity index is 564. The largest absolute Gasteiger partial charge is 0.437 e. The quantitative estimate of drug-likeness (QED) is 0.905. The van der Waals surface area contributed by atoms with Gasteiger partial charge in [-0.15, -0.1) is 5.10 Å². The van der Waals surface area contributed by atoms with Crippen molar-refractivity contribution in [1.82, 2.24) is 15.5 Å². The van der Waals surface area contributed by atoms with Gasteiger partial charge in [-0.1, -0.05) is 31.5 Å². The van der Waals surface area contributed by atoms with Crippen LogP contribution in [0.3, 0.4) is 0 Å². The van der Waals surface area contributed by atoms with Crippen molar-refractivity contribution in [1.29, 1.82) is 0 Å². The van der Waals surface area contributed by atoms with E-state index in [1.54, 1.807) is 0 Å². The molecule has 2 aromatic rings. The predicted molar refractivity (Wildman–Crippen MR) is 80.0 cm³/mol. The Morgan fingerprint density at radius 3 is 2.50 bits per heavy atom. The number of hydrogen-bond acceptors (Lipinski definition) is 4. The molecule has 0 aliphatic heterocycles. The third-order valence-corrected chi connectivity index (χ3v) is 2.93. The SMILES string of the molecule is Cc1ccc(Oc2ccc(CNC(C)C)nn2)c(C)c1. The van der Waals surface area contributed by atoms with Gasteiger partial charge >= 0.3 is 0 Å². The summed E-state index contributed by atoms with van der Waals surface area (Å²) in [6.45, 7) is 9.01. The van der Waals surface area contributed by atoms with Gasteiger partial charge in [0.25, 0.3) is 0 Å². The molecule has 0 fully saturated rings. The summed E-state index contributed by atoms with van der Waals surface area (Å²) >= 11 is 0. The van der Waals surface area contributed by atoms with E-state index in [4.69, 9.17) is 4.74 Å². The molecule has 106 valence electrons. The van der Waals surface area contributed by atoms with E-state index in [0.29, 0.717) is 18.5 Å². The summed E-state index contributed by atoms with van der Waals surface area (Å²) in [5.41, 5.74) is 3.22. The van der Waals surface area contributed by atoms with Crippen molar-refractivity contribution < 1.29 is 4.74 Å². The van der Waals surface area contributed by atoms with Crippen molar-refractivity contribution >= 4 is 0 Å². The molecular formula is C16H21N3O. The van der Waals surface area contributed by atoms with E-state index in [0.717, 1.165) is 17.0 Å². The van der Waals surface area contributed by atoms with Gasteiger partial charge in [-0.2, -0.15) is 5.10 Å². The van der Waals surface area contributed by atoms with Gasteiger partial charge in [-0.05, 0) is 31.5 Å². The fourth-order valence-electron chi connectivity index (χ4n) is 1.83. The van der Waals surface area contributed by atoms with Crippen LogP contribution < -0.4 is 10.1 Å². The highest BCUT2D eigenvalue weighted by molar-refractivity contribution is 5.37. The van der Waals surface area contributed by atoms with E-state index in [9.17, 15) is 0 Å². The maximum absolute atomic E-state index is 5.75. The standard InChI is InChI=1S/C16H21N3O/c1-11(2)17-10-14-6-8-16(19-18-14)20-15-7-5-12(3)9-13(15)4/h5-9,11,17H,10H2,1-4H3. The number of rotatable bonds is 5. The summed E-state index contributed by atoms with van der Waals surface area (Å²) in [6, 6.07) is 10.3. The van der Waals surface area contributed by atoms with Crippen molar-refractivity contribution in [2.24, 2.45) is 0 Å². The second-order valence-electron chi connectivity index (χ2n) is 5.27. The molecule has 0 aliphatic carbocycles. The van der Waals surface area contributed by atoms with Crippen LogP contribution in [0, 0.1) is 13.8 Å². The Balaban J connectivity index is 2.03. The molecule has 0 spiro atoms. The van der Waals surface area contributed by atoms with Gasteiger partial charge in [-0.3, -0.25) is 0 Å². The highest BCUT2D eigenvalue weighted by Gasteiger charge is 2.04. The lowest BCUT2D eigenvalue weighted by Crippen LogP contribution is -2.22. The van der Waals surface area contributed by atoms with Crippen molar-refractivity contribution in [2.75, 3.05) is 0 Å². The van der Waals surface area contributed by atoms with E-state index in [2.05, 4.69) is 42.4 Å². The first-order chi connectivity index (χ1) is 9.54. The number of aromatic nitrogens is 2. The topological polar surface area (TPSA) is 47.0 Å². The Morgan fingerprint density at radius 2 is 1.90 bits per heavy atom. The van der Waals surface area contributed by atoms with Crippen LogP contribution >= 0.6 is 0 Å². The third kappa shape index (κ3) is 4.03. The van der Waals surface area contributed by atoms with Crippen molar-refractivity contribution in [3.05, 3.63) is 47.2 Å². The van der Waals surface area contributed by atoms with Crippen LogP contribution in [0.2, 0.25) is 0 Å². The molecule has 0 bridgehead atoms. The molecule has 1 N–H and O–H groups in total. The molecular weight excluding hydrogens is 250 g/mol. The highest BCUT2D eigenvalue weighted by Crippen LogP contribution is 2.23. The molecule has 0 atom stereocenters. The lowest BCUT2D eigenvalue weighted by Gasteiger charge is -2.09. The lowest BCUT2D eigenvalue weighted by atomic mass is 10.1. The van der Waals surface area contributed by atoms with Gasteiger partial charge < -0.3 is 10.1 Å². The second-order valence-corrected chi connectivity index (χ2v) is 5.27. The van der Waals surface area contributed by atoms with Crippen LogP contribution in [0.4, 0.5) is 0 Å². The van der Waals surface area contributed by atoms with E-state index in [1.807, 2.05) is 31.2 Å². The average Bonchev–Trinajstić information content (AvgIpc) is 2.41. The van der Waals surface area contributed by atoms with Crippen LogP contribution in [-0.4, -0.2) is 16.2 Å². The highest BCUT2D eigenvalue weighted by atomic mass is 16.5. The first kappa shape index (κ1) is 14.5. The molecule has 0 unspecified atom stereocenters. The van der Waals surface area contributed by atoms with Crippen molar-refractivity contribution in [3.63, 3.8) is 0 Å². The minimum absolute atomic E-state index is 0.433. The van der Waals surface area contributed by atoms with Crippen LogP contribution in [0.1, 0.15) is 30.7 Å². The number of benzene rings is 1. The maximum atomic E-state index is 5.75. The van der Waals surface area contributed by atoms with Crippen LogP contribution in [-0.2, 0) is 6.54 Å². The Labute approximate surface area is 120 Å². The molecule has 4 heteroatoms. The number of nitrogens with one attached hydrogen (secondary N) is 1. The van der Waals surface area contributed by atoms with Crippen LogP contribution in [0.25, 0.3) is 0 Å². The van der Waals surface area contributed by atoms with Gasteiger partial charge in [0.2, 0.25) is 5.88 Å². The first-order valence-corrected chi connectivity index (χ1v) is 6.85. The zero-order chi connectivity index (χ0) is 14.5. The lowest BCUT2D eigenvalue weighted by molar-refractivity contribution is 0.449. The minimum Gasteiger partial charge on any atom is -0.437 e. The third-order valence-electron chi connectivity index (χ3n) is 2.93. The molecule has 1 aromatic carbocycles. The normalized spacial score (nSPS) is 10.8. The number of nitrogens with zero attached hydrogens (tertiary/aromatic N) is 2. The summed E-state index contributed by atoms with van der Waals surface area (Å²) in [4.78, 5) is 0. The van der Waals surface area contributed by atoms with Crippen LogP contribution in [0.15, 0.2) is 30.3 Å². The Kier molecular flexibility index (Phi) is 4.69. The first-order valence-electron chi connectivity index (χ1n) is 6.85. The molecule has 0 saturated heterocycles. The monoisotopic (exact) mass is 271 g/mol. The molecule has 0 radical (unpaired) electrons. The minimum atomic E-state index is 0.433. The smallest absolute Gasteiger partial charge is 0.238 e. The molecule has 4 nitrogen and oxygen atoms in total. The number of ether oxygens (including phenoxy) is 1. The van der Waals surface area contributed by atoms with Gasteiger partial charge in [0.05, 0.1) is 5.69 Å². The molecule has 2 rings (SSSR count). The fourth-order valence-corrected chi connectivity index (χ4v) is 1.83. The average molecular weight is 271 g/mol. The molecule has 20 heavy (non-hydrogen) atoms. The molecule has 0 aliphatic rings. The summed E-state index contributed by atoms with van der Waals surface area (Å²) < 4.78 is 5.75. The van der Waals surface area contributed by atoms with Gasteiger partial charge in [0.1, 0.15) is 5.75 Å². The second kappa shape index (κ2) is 6.48. The Hall–Kier alpha value is -1.94. The molecule has 0 saturated carbocycles. The summed E-state index contributed by atoms with van der Waals surface area (Å²) in [5, 5.41) is 11.6. The van der Waals surface area contributed by atoms with E-state index in [-0.39, 0.29) is 0 Å². The van der Waals surface area contributed by atoms with Gasteiger partial charge in [-0.25, -0.2) is 0 Å².